The number of benzene rings is 2. The second-order valence-electron chi connectivity index (χ2n) is 4.43. The van der Waals surface area contributed by atoms with E-state index in [1.165, 1.54) is 5.56 Å². The van der Waals surface area contributed by atoms with Crippen molar-refractivity contribution in [3.05, 3.63) is 62.7 Å². The van der Waals surface area contributed by atoms with Gasteiger partial charge in [-0.05, 0) is 58.9 Å². The lowest BCUT2D eigenvalue weighted by atomic mass is 10.0. The molecule has 2 aromatic carbocycles. The van der Waals surface area contributed by atoms with Gasteiger partial charge in [-0.15, -0.1) is 0 Å². The van der Waals surface area contributed by atoms with Gasteiger partial charge in [0.25, 0.3) is 0 Å². The minimum atomic E-state index is 0.658. The average Bonchev–Trinajstić information content (AvgIpc) is 2.46. The lowest BCUT2D eigenvalue weighted by Gasteiger charge is -2.05. The van der Waals surface area contributed by atoms with E-state index in [4.69, 9.17) is 4.74 Å². The van der Waals surface area contributed by atoms with Crippen LogP contribution in [-0.4, -0.2) is 7.11 Å². The van der Waals surface area contributed by atoms with Gasteiger partial charge in [0.15, 0.2) is 0 Å². The zero-order chi connectivity index (χ0) is 14.5. The summed E-state index contributed by atoms with van der Waals surface area (Å²) in [7, 11) is 1.65. The third-order valence-corrected chi connectivity index (χ3v) is 3.81. The van der Waals surface area contributed by atoms with Gasteiger partial charge in [-0.1, -0.05) is 35.9 Å². The number of nitrogens with zero attached hydrogens (tertiary/aromatic N) is 1. The number of hydrogen-bond acceptors (Lipinski definition) is 2. The van der Waals surface area contributed by atoms with E-state index in [1.54, 1.807) is 7.11 Å². The maximum absolute atomic E-state index is 9.34. The number of rotatable bonds is 3. The van der Waals surface area contributed by atoms with Gasteiger partial charge in [-0.25, -0.2) is 0 Å². The van der Waals surface area contributed by atoms with Crippen LogP contribution in [0.3, 0.4) is 0 Å². The fourth-order valence-electron chi connectivity index (χ4n) is 1.85. The van der Waals surface area contributed by atoms with Crippen molar-refractivity contribution < 1.29 is 4.74 Å². The largest absolute Gasteiger partial charge is 0.496 e. The van der Waals surface area contributed by atoms with E-state index in [1.807, 2.05) is 55.5 Å². The number of allylic oxidation sites excluding steroid dienone is 1. The first-order valence-corrected chi connectivity index (χ1v) is 7.24. The van der Waals surface area contributed by atoms with Gasteiger partial charge in [0.2, 0.25) is 0 Å². The molecule has 0 amide bonds. The molecule has 0 saturated carbocycles. The van der Waals surface area contributed by atoms with Crippen LogP contribution in [0.5, 0.6) is 5.75 Å². The van der Waals surface area contributed by atoms with E-state index >= 15 is 0 Å². The molecule has 0 aliphatic heterocycles. The van der Waals surface area contributed by atoms with E-state index in [9.17, 15) is 5.26 Å². The summed E-state index contributed by atoms with van der Waals surface area (Å²) in [5, 5.41) is 9.34. The molecule has 3 heteroatoms. The molecule has 0 saturated heterocycles. The average molecular weight is 375 g/mol. The van der Waals surface area contributed by atoms with E-state index in [-0.39, 0.29) is 0 Å². The summed E-state index contributed by atoms with van der Waals surface area (Å²) in [6.45, 7) is 2.03. The zero-order valence-electron chi connectivity index (χ0n) is 11.4. The zero-order valence-corrected chi connectivity index (χ0v) is 13.5. The Labute approximate surface area is 132 Å². The Kier molecular flexibility index (Phi) is 4.80. The maximum atomic E-state index is 9.34. The third-order valence-electron chi connectivity index (χ3n) is 2.97. The van der Waals surface area contributed by atoms with Crippen molar-refractivity contribution in [2.24, 2.45) is 0 Å². The number of methoxy groups -OCH3 is 1. The second-order valence-corrected chi connectivity index (χ2v) is 5.59. The first-order valence-electron chi connectivity index (χ1n) is 6.16. The van der Waals surface area contributed by atoms with Crippen LogP contribution in [0, 0.1) is 21.8 Å². The van der Waals surface area contributed by atoms with Crippen LogP contribution < -0.4 is 4.74 Å². The molecule has 0 bridgehead atoms. The van der Waals surface area contributed by atoms with Gasteiger partial charge < -0.3 is 4.74 Å². The normalized spacial score (nSPS) is 11.0. The Bertz CT molecular complexity index is 681. The molecule has 2 rings (SSSR count). The van der Waals surface area contributed by atoms with Crippen LogP contribution in [0.25, 0.3) is 11.6 Å². The lowest BCUT2D eigenvalue weighted by molar-refractivity contribution is 0.412. The molecule has 0 atom stereocenters. The Morgan fingerprint density at radius 3 is 2.45 bits per heavy atom. The molecule has 0 fully saturated rings. The summed E-state index contributed by atoms with van der Waals surface area (Å²) >= 11 is 2.23. The van der Waals surface area contributed by atoms with Crippen molar-refractivity contribution >= 4 is 34.2 Å². The van der Waals surface area contributed by atoms with Crippen LogP contribution >= 0.6 is 22.6 Å². The van der Waals surface area contributed by atoms with Crippen molar-refractivity contribution in [3.8, 4) is 11.8 Å². The fourth-order valence-corrected chi connectivity index (χ4v) is 2.61. The van der Waals surface area contributed by atoms with E-state index in [0.29, 0.717) is 5.57 Å². The van der Waals surface area contributed by atoms with Gasteiger partial charge in [0.05, 0.1) is 22.3 Å². The van der Waals surface area contributed by atoms with Crippen molar-refractivity contribution in [2.45, 2.75) is 6.92 Å². The van der Waals surface area contributed by atoms with Gasteiger partial charge in [-0.3, -0.25) is 0 Å². The van der Waals surface area contributed by atoms with E-state index < -0.39 is 0 Å². The molecule has 0 radical (unpaired) electrons. The monoisotopic (exact) mass is 375 g/mol. The van der Waals surface area contributed by atoms with E-state index in [0.717, 1.165) is 20.4 Å². The second kappa shape index (κ2) is 6.58. The summed E-state index contributed by atoms with van der Waals surface area (Å²) in [6.07, 6.45) is 1.90. The van der Waals surface area contributed by atoms with Gasteiger partial charge in [0.1, 0.15) is 5.75 Å². The highest BCUT2D eigenvalue weighted by Crippen LogP contribution is 2.24. The van der Waals surface area contributed by atoms with Crippen molar-refractivity contribution in [2.75, 3.05) is 7.11 Å². The number of halogens is 1. The Morgan fingerprint density at radius 1 is 1.20 bits per heavy atom. The summed E-state index contributed by atoms with van der Waals surface area (Å²) in [6, 6.07) is 16.1. The number of nitriles is 1. The highest BCUT2D eigenvalue weighted by molar-refractivity contribution is 14.1. The molecule has 0 heterocycles. The maximum Gasteiger partial charge on any atom is 0.132 e. The Balaban J connectivity index is 2.39. The molecule has 20 heavy (non-hydrogen) atoms. The summed E-state index contributed by atoms with van der Waals surface area (Å²) in [4.78, 5) is 0. The van der Waals surface area contributed by atoms with Crippen LogP contribution in [-0.2, 0) is 0 Å². The minimum Gasteiger partial charge on any atom is -0.496 e. The fraction of sp³-hybridized carbons (Fsp3) is 0.118. The highest BCUT2D eigenvalue weighted by Gasteiger charge is 2.03. The highest BCUT2D eigenvalue weighted by atomic mass is 127. The standard InChI is InChI=1S/C17H14INO/c1-12-3-6-14(7-4-12)15(11-19)9-13-5-8-17(20-2)16(18)10-13/h3-10H,1-2H3/b15-9-. The van der Waals surface area contributed by atoms with Gasteiger partial charge in [-0.2, -0.15) is 5.26 Å². The van der Waals surface area contributed by atoms with Gasteiger partial charge >= 0.3 is 0 Å². The Hall–Kier alpha value is -1.80. The van der Waals surface area contributed by atoms with Crippen molar-refractivity contribution in [1.82, 2.24) is 0 Å². The van der Waals surface area contributed by atoms with Gasteiger partial charge in [0, 0.05) is 0 Å². The molecule has 0 N–H and O–H groups in total. The van der Waals surface area contributed by atoms with Crippen molar-refractivity contribution in [1.29, 1.82) is 5.26 Å². The lowest BCUT2D eigenvalue weighted by Crippen LogP contribution is -1.88. The van der Waals surface area contributed by atoms with E-state index in [2.05, 4.69) is 28.7 Å². The molecule has 100 valence electrons. The predicted molar refractivity (Wildman–Crippen MR) is 90.4 cm³/mol. The molecule has 0 unspecified atom stereocenters. The molecule has 0 spiro atoms. The van der Waals surface area contributed by atoms with Crippen LogP contribution in [0.4, 0.5) is 0 Å². The molecule has 0 aromatic heterocycles. The quantitative estimate of drug-likeness (QED) is 0.444. The molecular weight excluding hydrogens is 361 g/mol. The third kappa shape index (κ3) is 3.40. The molecular formula is C17H14INO. The summed E-state index contributed by atoms with van der Waals surface area (Å²) < 4.78 is 6.26. The van der Waals surface area contributed by atoms with Crippen LogP contribution in [0.1, 0.15) is 16.7 Å². The summed E-state index contributed by atoms with van der Waals surface area (Å²) in [5.41, 5.74) is 3.77. The summed E-state index contributed by atoms with van der Waals surface area (Å²) in [5.74, 6) is 0.844. The number of hydrogen-bond donors (Lipinski definition) is 0. The van der Waals surface area contributed by atoms with Crippen LogP contribution in [0.2, 0.25) is 0 Å². The Morgan fingerprint density at radius 2 is 1.90 bits per heavy atom. The number of aryl methyl sites for hydroxylation is 1. The predicted octanol–water partition coefficient (Wildman–Crippen LogP) is 4.67. The van der Waals surface area contributed by atoms with Crippen molar-refractivity contribution in [3.63, 3.8) is 0 Å². The SMILES string of the molecule is COc1ccc(/C=C(/C#N)c2ccc(C)cc2)cc1I. The molecule has 2 nitrogen and oxygen atoms in total. The minimum absolute atomic E-state index is 0.658. The smallest absolute Gasteiger partial charge is 0.132 e. The first-order chi connectivity index (χ1) is 9.63. The molecule has 0 aliphatic rings. The molecule has 2 aromatic rings. The van der Waals surface area contributed by atoms with Crippen LogP contribution in [0.15, 0.2) is 42.5 Å². The number of ether oxygens (including phenoxy) is 1. The molecule has 0 aliphatic carbocycles. The first kappa shape index (κ1) is 14.6. The topological polar surface area (TPSA) is 33.0 Å².